The molecule has 33 heavy (non-hydrogen) atoms. The molecule has 0 radical (unpaired) electrons. The van der Waals surface area contributed by atoms with E-state index in [2.05, 4.69) is 27.7 Å². The first-order valence-electron chi connectivity index (χ1n) is 14.0. The highest BCUT2D eigenvalue weighted by Gasteiger charge is 2.66. The number of carbonyl (C=O) groups is 2. The maximum absolute atomic E-state index is 12.2. The Kier molecular flexibility index (Phi) is 6.97. The van der Waals surface area contributed by atoms with Gasteiger partial charge in [0.25, 0.3) is 0 Å². The van der Waals surface area contributed by atoms with Crippen LogP contribution in [0.4, 0.5) is 0 Å². The molecule has 4 fully saturated rings. The lowest BCUT2D eigenvalue weighted by atomic mass is 9.42. The minimum atomic E-state index is -0.266. The lowest BCUT2D eigenvalue weighted by Gasteiger charge is -2.63. The zero-order valence-electron chi connectivity index (χ0n) is 22.1. The molecule has 0 heterocycles. The highest BCUT2D eigenvalue weighted by molar-refractivity contribution is 5.69. The van der Waals surface area contributed by atoms with Gasteiger partial charge in [-0.1, -0.05) is 41.0 Å². The summed E-state index contributed by atoms with van der Waals surface area (Å²) in [7, 11) is 0. The van der Waals surface area contributed by atoms with Crippen molar-refractivity contribution in [2.24, 2.45) is 40.4 Å². The normalized spacial score (nSPS) is 46.6. The summed E-state index contributed by atoms with van der Waals surface area (Å²) in [5, 5.41) is 0. The van der Waals surface area contributed by atoms with Crippen LogP contribution in [0.2, 0.25) is 0 Å². The number of ether oxygens (including phenoxy) is 2. The third-order valence-electron chi connectivity index (χ3n) is 11.2. The Labute approximate surface area is 201 Å². The van der Waals surface area contributed by atoms with Gasteiger partial charge in [0.1, 0.15) is 11.7 Å². The Balaban J connectivity index is 1.55. The SMILES string of the molecule is CCCC(=O)O[C@@H]1C[C@@H]2CC[C@@H]3[C@H](CC[C@@]4(C)[C@H]3CC[C@]4(CCC)OC(C)=O)[C@@]2(C)[C@@H](C)C1. The number of hydrogen-bond acceptors (Lipinski definition) is 4. The highest BCUT2D eigenvalue weighted by Crippen LogP contribution is 2.70. The van der Waals surface area contributed by atoms with Gasteiger partial charge >= 0.3 is 11.9 Å². The van der Waals surface area contributed by atoms with Crippen molar-refractivity contribution in [2.45, 2.75) is 130 Å². The molecule has 0 N–H and O–H groups in total. The summed E-state index contributed by atoms with van der Waals surface area (Å²) in [6.07, 6.45) is 12.9. The van der Waals surface area contributed by atoms with Gasteiger partial charge in [0.15, 0.2) is 0 Å². The first-order chi connectivity index (χ1) is 15.6. The molecule has 0 aromatic carbocycles. The number of fused-ring (bicyclic) bond motifs is 5. The van der Waals surface area contributed by atoms with Crippen LogP contribution in [0.25, 0.3) is 0 Å². The van der Waals surface area contributed by atoms with Gasteiger partial charge in [-0.25, -0.2) is 0 Å². The van der Waals surface area contributed by atoms with Crippen molar-refractivity contribution in [1.29, 1.82) is 0 Å². The van der Waals surface area contributed by atoms with Crippen molar-refractivity contribution in [3.63, 3.8) is 0 Å². The van der Waals surface area contributed by atoms with Crippen molar-refractivity contribution in [1.82, 2.24) is 0 Å². The molecule has 4 aliphatic rings. The minimum Gasteiger partial charge on any atom is -0.462 e. The van der Waals surface area contributed by atoms with E-state index in [1.54, 1.807) is 6.92 Å². The third kappa shape index (κ3) is 3.96. The highest BCUT2D eigenvalue weighted by atomic mass is 16.6. The molecule has 0 unspecified atom stereocenters. The standard InChI is InChI=1S/C29H48O4/c1-7-9-26(31)32-22-17-19(3)28(6)21(18-22)10-11-23-24-13-16-29(14-8-2,33-20(4)30)27(24,5)15-12-25(23)28/h19,21-25H,7-18H2,1-6H3/t19-,21-,22-,23-,24-,25-,27-,28-,29-/m0/s1. The van der Waals surface area contributed by atoms with Crippen molar-refractivity contribution in [3.05, 3.63) is 0 Å². The second-order valence-electron chi connectivity index (χ2n) is 12.6. The predicted molar refractivity (Wildman–Crippen MR) is 130 cm³/mol. The maximum Gasteiger partial charge on any atom is 0.306 e. The van der Waals surface area contributed by atoms with E-state index in [9.17, 15) is 9.59 Å². The number of esters is 2. The van der Waals surface area contributed by atoms with Gasteiger partial charge in [-0.05, 0) is 99.2 Å². The number of hydrogen-bond donors (Lipinski definition) is 0. The maximum atomic E-state index is 12.2. The van der Waals surface area contributed by atoms with Crippen molar-refractivity contribution < 1.29 is 19.1 Å². The Morgan fingerprint density at radius 2 is 1.67 bits per heavy atom. The minimum absolute atomic E-state index is 0.0101. The van der Waals surface area contributed by atoms with Crippen LogP contribution in [0.1, 0.15) is 119 Å². The van der Waals surface area contributed by atoms with Gasteiger partial charge in [-0.15, -0.1) is 0 Å². The molecule has 0 aliphatic heterocycles. The average Bonchev–Trinajstić information content (AvgIpc) is 3.01. The van der Waals surface area contributed by atoms with E-state index in [-0.39, 0.29) is 29.1 Å². The lowest BCUT2D eigenvalue weighted by Crippen LogP contribution is -2.59. The summed E-state index contributed by atoms with van der Waals surface area (Å²) in [5.41, 5.74) is 0.169. The van der Waals surface area contributed by atoms with Crippen LogP contribution in [0.15, 0.2) is 0 Å². The van der Waals surface area contributed by atoms with Crippen molar-refractivity contribution in [2.75, 3.05) is 0 Å². The van der Waals surface area contributed by atoms with Crippen LogP contribution in [0, 0.1) is 40.4 Å². The molecule has 188 valence electrons. The first kappa shape index (κ1) is 25.0. The average molecular weight is 461 g/mol. The molecule has 4 saturated carbocycles. The molecule has 4 heteroatoms. The van der Waals surface area contributed by atoms with Crippen LogP contribution in [0.3, 0.4) is 0 Å². The smallest absolute Gasteiger partial charge is 0.306 e. The van der Waals surface area contributed by atoms with Crippen LogP contribution in [0.5, 0.6) is 0 Å². The summed E-state index contributed by atoms with van der Waals surface area (Å²) in [5.74, 6) is 3.25. The van der Waals surface area contributed by atoms with Gasteiger partial charge in [-0.2, -0.15) is 0 Å². The summed E-state index contributed by atoms with van der Waals surface area (Å²) >= 11 is 0. The zero-order chi connectivity index (χ0) is 24.0. The topological polar surface area (TPSA) is 52.6 Å². The largest absolute Gasteiger partial charge is 0.462 e. The molecule has 0 aromatic rings. The molecule has 9 atom stereocenters. The lowest BCUT2D eigenvalue weighted by molar-refractivity contribution is -0.198. The molecule has 4 rings (SSSR count). The van der Waals surface area contributed by atoms with Crippen LogP contribution >= 0.6 is 0 Å². The number of rotatable bonds is 6. The quantitative estimate of drug-likeness (QED) is 0.397. The van der Waals surface area contributed by atoms with Gasteiger partial charge in [0.2, 0.25) is 0 Å². The Hall–Kier alpha value is -1.06. The second-order valence-corrected chi connectivity index (χ2v) is 12.6. The van der Waals surface area contributed by atoms with Crippen molar-refractivity contribution >= 4 is 11.9 Å². The zero-order valence-corrected chi connectivity index (χ0v) is 22.1. The molecule has 0 amide bonds. The van der Waals surface area contributed by atoms with Gasteiger partial charge in [0.05, 0.1) is 0 Å². The Morgan fingerprint density at radius 3 is 2.33 bits per heavy atom. The molecule has 0 bridgehead atoms. The fourth-order valence-corrected chi connectivity index (χ4v) is 9.62. The van der Waals surface area contributed by atoms with E-state index in [4.69, 9.17) is 9.47 Å². The van der Waals surface area contributed by atoms with E-state index in [0.29, 0.717) is 29.6 Å². The fourth-order valence-electron chi connectivity index (χ4n) is 9.62. The molecule has 4 nitrogen and oxygen atoms in total. The number of carbonyl (C=O) groups excluding carboxylic acids is 2. The van der Waals surface area contributed by atoms with E-state index in [1.165, 1.54) is 32.1 Å². The van der Waals surface area contributed by atoms with E-state index >= 15 is 0 Å². The van der Waals surface area contributed by atoms with E-state index in [0.717, 1.165) is 50.4 Å². The fraction of sp³-hybridized carbons (Fsp3) is 0.931. The second kappa shape index (κ2) is 9.19. The van der Waals surface area contributed by atoms with Crippen molar-refractivity contribution in [3.8, 4) is 0 Å². The first-order valence-corrected chi connectivity index (χ1v) is 14.0. The van der Waals surface area contributed by atoms with Crippen LogP contribution in [-0.4, -0.2) is 23.6 Å². The predicted octanol–water partition coefficient (Wildman–Crippen LogP) is 7.09. The van der Waals surface area contributed by atoms with Gasteiger partial charge < -0.3 is 9.47 Å². The van der Waals surface area contributed by atoms with Gasteiger partial charge in [0, 0.05) is 18.8 Å². The summed E-state index contributed by atoms with van der Waals surface area (Å²) in [4.78, 5) is 24.3. The Bertz CT molecular complexity index is 748. The summed E-state index contributed by atoms with van der Waals surface area (Å²) in [6, 6.07) is 0. The van der Waals surface area contributed by atoms with Crippen LogP contribution < -0.4 is 0 Å². The van der Waals surface area contributed by atoms with E-state index in [1.807, 2.05) is 6.92 Å². The third-order valence-corrected chi connectivity index (χ3v) is 11.2. The Morgan fingerprint density at radius 1 is 0.939 bits per heavy atom. The molecular weight excluding hydrogens is 412 g/mol. The molecule has 0 spiro atoms. The molecular formula is C29H48O4. The van der Waals surface area contributed by atoms with Crippen LogP contribution in [-0.2, 0) is 19.1 Å². The van der Waals surface area contributed by atoms with E-state index < -0.39 is 0 Å². The summed E-state index contributed by atoms with van der Waals surface area (Å²) < 4.78 is 12.1. The molecule has 0 saturated heterocycles. The molecule has 0 aromatic heterocycles. The molecule has 4 aliphatic carbocycles. The summed E-state index contributed by atoms with van der Waals surface area (Å²) in [6.45, 7) is 13.3. The van der Waals surface area contributed by atoms with Gasteiger partial charge in [-0.3, -0.25) is 9.59 Å². The monoisotopic (exact) mass is 460 g/mol.